The molecule has 0 atom stereocenters. The van der Waals surface area contributed by atoms with E-state index in [0.717, 1.165) is 41.0 Å². The van der Waals surface area contributed by atoms with Gasteiger partial charge < -0.3 is 0 Å². The highest BCUT2D eigenvalue weighted by molar-refractivity contribution is 7.90. The largest absolute Gasteiger partial charge is 0.264 e. The average molecular weight is 397 g/mol. The molecule has 3 aromatic rings. The molecular weight excluding hydrogens is 368 g/mol. The van der Waals surface area contributed by atoms with Crippen molar-refractivity contribution < 1.29 is 8.42 Å². The van der Waals surface area contributed by atoms with E-state index in [1.165, 1.54) is 6.26 Å². The van der Waals surface area contributed by atoms with Gasteiger partial charge in [-0.15, -0.1) is 0 Å². The Bertz CT molecular complexity index is 1070. The summed E-state index contributed by atoms with van der Waals surface area (Å²) in [6.45, 7) is 9.59. The second-order valence-corrected chi connectivity index (χ2v) is 10.5. The number of benzene rings is 2. The fourth-order valence-electron chi connectivity index (χ4n) is 3.18. The maximum absolute atomic E-state index is 11.8. The standard InChI is InChI=1S/C23H28N2O2S/c1-6-20-15-22(25(24-20)16-23(2,3)4)18-12-10-17(11-13-18)19-8-7-9-21(14-19)28(5,26)27/h7-15H,6,16H2,1-5H3. The first-order valence-corrected chi connectivity index (χ1v) is 11.4. The minimum absolute atomic E-state index is 0.137. The maximum atomic E-state index is 11.8. The molecule has 0 amide bonds. The van der Waals surface area contributed by atoms with E-state index >= 15 is 0 Å². The second-order valence-electron chi connectivity index (χ2n) is 8.47. The Morgan fingerprint density at radius 3 is 2.14 bits per heavy atom. The molecule has 5 heteroatoms. The minimum Gasteiger partial charge on any atom is -0.264 e. The summed E-state index contributed by atoms with van der Waals surface area (Å²) in [7, 11) is -3.22. The van der Waals surface area contributed by atoms with Crippen LogP contribution in [0.15, 0.2) is 59.5 Å². The van der Waals surface area contributed by atoms with Gasteiger partial charge in [0.2, 0.25) is 0 Å². The topological polar surface area (TPSA) is 52.0 Å². The molecule has 0 aliphatic rings. The Balaban J connectivity index is 1.97. The third-order valence-corrected chi connectivity index (χ3v) is 5.70. The van der Waals surface area contributed by atoms with Crippen molar-refractivity contribution in [3.05, 3.63) is 60.3 Å². The van der Waals surface area contributed by atoms with Gasteiger partial charge in [0.25, 0.3) is 0 Å². The molecule has 0 aliphatic carbocycles. The van der Waals surface area contributed by atoms with Crippen LogP contribution >= 0.6 is 0 Å². The fraction of sp³-hybridized carbons (Fsp3) is 0.348. The van der Waals surface area contributed by atoms with E-state index in [-0.39, 0.29) is 5.41 Å². The fourth-order valence-corrected chi connectivity index (χ4v) is 3.85. The normalized spacial score (nSPS) is 12.3. The summed E-state index contributed by atoms with van der Waals surface area (Å²) >= 11 is 0. The van der Waals surface area contributed by atoms with Crippen molar-refractivity contribution in [3.8, 4) is 22.4 Å². The molecule has 4 nitrogen and oxygen atoms in total. The maximum Gasteiger partial charge on any atom is 0.175 e. The lowest BCUT2D eigenvalue weighted by Gasteiger charge is -2.20. The highest BCUT2D eigenvalue weighted by Gasteiger charge is 2.17. The lowest BCUT2D eigenvalue weighted by atomic mass is 9.96. The molecule has 0 bridgehead atoms. The van der Waals surface area contributed by atoms with Crippen LogP contribution in [-0.4, -0.2) is 24.5 Å². The monoisotopic (exact) mass is 396 g/mol. The number of rotatable bonds is 5. The van der Waals surface area contributed by atoms with Crippen molar-refractivity contribution in [2.45, 2.75) is 45.6 Å². The summed E-state index contributed by atoms with van der Waals surface area (Å²) in [6, 6.07) is 17.5. The first-order valence-electron chi connectivity index (χ1n) is 9.54. The van der Waals surface area contributed by atoms with E-state index in [1.807, 2.05) is 18.2 Å². The van der Waals surface area contributed by atoms with E-state index in [0.29, 0.717) is 4.90 Å². The molecular formula is C23H28N2O2S. The summed E-state index contributed by atoms with van der Waals surface area (Å²) < 4.78 is 25.8. The zero-order chi connectivity index (χ0) is 20.5. The Kier molecular flexibility index (Phi) is 5.48. The molecule has 0 spiro atoms. The molecule has 0 aliphatic heterocycles. The molecule has 1 aromatic heterocycles. The smallest absolute Gasteiger partial charge is 0.175 e. The van der Waals surface area contributed by atoms with Crippen LogP contribution in [0.2, 0.25) is 0 Å². The Morgan fingerprint density at radius 1 is 0.929 bits per heavy atom. The van der Waals surface area contributed by atoms with E-state index in [9.17, 15) is 8.42 Å². The predicted molar refractivity (Wildman–Crippen MR) is 115 cm³/mol. The van der Waals surface area contributed by atoms with Crippen molar-refractivity contribution in [2.75, 3.05) is 6.26 Å². The number of hydrogen-bond acceptors (Lipinski definition) is 3. The van der Waals surface area contributed by atoms with Crippen molar-refractivity contribution in [1.29, 1.82) is 0 Å². The first kappa shape index (κ1) is 20.3. The highest BCUT2D eigenvalue weighted by Crippen LogP contribution is 2.28. The average Bonchev–Trinajstić information content (AvgIpc) is 3.02. The SMILES string of the molecule is CCc1cc(-c2ccc(-c3cccc(S(C)(=O)=O)c3)cc2)n(CC(C)(C)C)n1. The quantitative estimate of drug-likeness (QED) is 0.593. The minimum atomic E-state index is -3.22. The van der Waals surface area contributed by atoms with E-state index in [1.54, 1.807) is 18.2 Å². The van der Waals surface area contributed by atoms with Crippen molar-refractivity contribution in [1.82, 2.24) is 9.78 Å². The number of sulfone groups is 1. The van der Waals surface area contributed by atoms with Gasteiger partial charge in [-0.1, -0.05) is 64.1 Å². The van der Waals surface area contributed by atoms with Gasteiger partial charge in [-0.25, -0.2) is 8.42 Å². The summed E-state index contributed by atoms with van der Waals surface area (Å²) in [4.78, 5) is 0.338. The number of aromatic nitrogens is 2. The van der Waals surface area contributed by atoms with Crippen LogP contribution in [0, 0.1) is 5.41 Å². The van der Waals surface area contributed by atoms with Crippen LogP contribution < -0.4 is 0 Å². The van der Waals surface area contributed by atoms with Gasteiger partial charge in [-0.2, -0.15) is 5.10 Å². The van der Waals surface area contributed by atoms with Crippen LogP contribution in [0.5, 0.6) is 0 Å². The predicted octanol–water partition coefficient (Wildman–Crippen LogP) is 5.23. The van der Waals surface area contributed by atoms with Crippen LogP contribution in [0.1, 0.15) is 33.4 Å². The third kappa shape index (κ3) is 4.71. The third-order valence-electron chi connectivity index (χ3n) is 4.59. The van der Waals surface area contributed by atoms with Crippen molar-refractivity contribution in [3.63, 3.8) is 0 Å². The Labute approximate surface area is 168 Å². The molecule has 0 saturated carbocycles. The molecule has 0 unspecified atom stereocenters. The van der Waals surface area contributed by atoms with Crippen molar-refractivity contribution in [2.24, 2.45) is 5.41 Å². The molecule has 0 N–H and O–H groups in total. The second kappa shape index (κ2) is 7.55. The van der Waals surface area contributed by atoms with Gasteiger partial charge in [0, 0.05) is 12.8 Å². The van der Waals surface area contributed by atoms with Crippen LogP contribution in [-0.2, 0) is 22.8 Å². The molecule has 2 aromatic carbocycles. The van der Waals surface area contributed by atoms with Gasteiger partial charge in [0.05, 0.1) is 16.3 Å². The molecule has 1 heterocycles. The van der Waals surface area contributed by atoms with E-state index in [4.69, 9.17) is 5.10 Å². The molecule has 0 radical (unpaired) electrons. The number of aryl methyl sites for hydroxylation is 1. The molecule has 148 valence electrons. The summed E-state index contributed by atoms with van der Waals surface area (Å²) in [6.07, 6.45) is 2.14. The van der Waals surface area contributed by atoms with E-state index < -0.39 is 9.84 Å². The molecule has 28 heavy (non-hydrogen) atoms. The number of nitrogens with zero attached hydrogens (tertiary/aromatic N) is 2. The van der Waals surface area contributed by atoms with Crippen LogP contribution in [0.3, 0.4) is 0 Å². The van der Waals surface area contributed by atoms with Gasteiger partial charge in [0.1, 0.15) is 0 Å². The zero-order valence-electron chi connectivity index (χ0n) is 17.2. The summed E-state index contributed by atoms with van der Waals surface area (Å²) in [5.41, 5.74) is 5.34. The van der Waals surface area contributed by atoms with E-state index in [2.05, 4.69) is 50.6 Å². The summed E-state index contributed by atoms with van der Waals surface area (Å²) in [5, 5.41) is 4.76. The first-order chi connectivity index (χ1) is 13.1. The lowest BCUT2D eigenvalue weighted by molar-refractivity contribution is 0.326. The molecule has 3 rings (SSSR count). The van der Waals surface area contributed by atoms with Gasteiger partial charge >= 0.3 is 0 Å². The number of hydrogen-bond donors (Lipinski definition) is 0. The molecule has 0 saturated heterocycles. The van der Waals surface area contributed by atoms with Gasteiger partial charge in [0.15, 0.2) is 9.84 Å². The van der Waals surface area contributed by atoms with Gasteiger partial charge in [-0.05, 0) is 46.7 Å². The van der Waals surface area contributed by atoms with Crippen molar-refractivity contribution >= 4 is 9.84 Å². The van der Waals surface area contributed by atoms with Crippen LogP contribution in [0.25, 0.3) is 22.4 Å². The van der Waals surface area contributed by atoms with Gasteiger partial charge in [-0.3, -0.25) is 4.68 Å². The Morgan fingerprint density at radius 2 is 1.57 bits per heavy atom. The zero-order valence-corrected chi connectivity index (χ0v) is 18.0. The Hall–Kier alpha value is -2.40. The van der Waals surface area contributed by atoms with Crippen LogP contribution in [0.4, 0.5) is 0 Å². The molecule has 0 fully saturated rings. The summed E-state index contributed by atoms with van der Waals surface area (Å²) in [5.74, 6) is 0. The highest BCUT2D eigenvalue weighted by atomic mass is 32.2. The lowest BCUT2D eigenvalue weighted by Crippen LogP contribution is -2.17.